The van der Waals surface area contributed by atoms with Gasteiger partial charge in [0.25, 0.3) is 5.91 Å². The third-order valence-electron chi connectivity index (χ3n) is 4.00. The summed E-state index contributed by atoms with van der Waals surface area (Å²) in [6.45, 7) is 1.54. The lowest BCUT2D eigenvalue weighted by Crippen LogP contribution is -2.55. The van der Waals surface area contributed by atoms with Gasteiger partial charge in [-0.15, -0.1) is 11.3 Å². The normalized spacial score (nSPS) is 21.2. The van der Waals surface area contributed by atoms with Crippen molar-refractivity contribution in [2.45, 2.75) is 18.4 Å². The van der Waals surface area contributed by atoms with E-state index in [4.69, 9.17) is 0 Å². The largest absolute Gasteiger partial charge is 0.386 e. The molecule has 1 atom stereocenters. The molecule has 1 N–H and O–H groups in total. The lowest BCUT2D eigenvalue weighted by atomic mass is 9.92. The van der Waals surface area contributed by atoms with Crippen LogP contribution in [0.3, 0.4) is 0 Å². The fourth-order valence-electron chi connectivity index (χ4n) is 2.97. The van der Waals surface area contributed by atoms with Crippen LogP contribution in [0.4, 0.5) is 5.95 Å². The minimum Gasteiger partial charge on any atom is -0.386 e. The molecule has 23 heavy (non-hydrogen) atoms. The van der Waals surface area contributed by atoms with Gasteiger partial charge in [-0.05, 0) is 30.4 Å². The number of aliphatic hydroxyl groups is 1. The number of likely N-dealkylation sites (N-methyl/N-ethyl adjacent to an activating group) is 1. The third-order valence-corrected chi connectivity index (χ3v) is 4.86. The van der Waals surface area contributed by atoms with E-state index in [9.17, 15) is 9.90 Å². The predicted molar refractivity (Wildman–Crippen MR) is 89.7 cm³/mol. The first kappa shape index (κ1) is 15.9. The fraction of sp³-hybridized carbons (Fsp3) is 0.438. The summed E-state index contributed by atoms with van der Waals surface area (Å²) < 4.78 is 0. The van der Waals surface area contributed by atoms with Crippen LogP contribution >= 0.6 is 11.3 Å². The van der Waals surface area contributed by atoms with E-state index in [1.165, 1.54) is 11.3 Å². The molecule has 1 amide bonds. The molecule has 0 aliphatic carbocycles. The smallest absolute Gasteiger partial charge is 0.263 e. The zero-order chi connectivity index (χ0) is 16.3. The number of carbonyl (C=O) groups is 1. The summed E-state index contributed by atoms with van der Waals surface area (Å²) in [4.78, 5) is 25.1. The van der Waals surface area contributed by atoms with Crippen LogP contribution in [0.15, 0.2) is 36.0 Å². The molecule has 1 fully saturated rings. The van der Waals surface area contributed by atoms with Gasteiger partial charge in [-0.1, -0.05) is 6.07 Å². The summed E-state index contributed by atoms with van der Waals surface area (Å²) in [5, 5.41) is 12.8. The Bertz CT molecular complexity index is 649. The number of hydrogen-bond acceptors (Lipinski definition) is 6. The van der Waals surface area contributed by atoms with Crippen molar-refractivity contribution < 1.29 is 9.90 Å². The van der Waals surface area contributed by atoms with E-state index in [1.807, 2.05) is 16.3 Å². The number of rotatable bonds is 4. The molecule has 0 spiro atoms. The van der Waals surface area contributed by atoms with E-state index in [2.05, 4.69) is 9.97 Å². The van der Waals surface area contributed by atoms with E-state index in [-0.39, 0.29) is 5.91 Å². The highest BCUT2D eigenvalue weighted by molar-refractivity contribution is 7.12. The highest BCUT2D eigenvalue weighted by Crippen LogP contribution is 2.25. The quantitative estimate of drug-likeness (QED) is 0.922. The van der Waals surface area contributed by atoms with Gasteiger partial charge in [-0.25, -0.2) is 9.97 Å². The van der Waals surface area contributed by atoms with Crippen molar-refractivity contribution in [3.8, 4) is 0 Å². The molecule has 2 aromatic heterocycles. The first-order valence-electron chi connectivity index (χ1n) is 7.61. The maximum Gasteiger partial charge on any atom is 0.263 e. The average Bonchev–Trinajstić information content (AvgIpc) is 3.09. The van der Waals surface area contributed by atoms with Crippen molar-refractivity contribution in [1.29, 1.82) is 0 Å². The predicted octanol–water partition coefficient (Wildman–Crippen LogP) is 1.64. The monoisotopic (exact) mass is 332 g/mol. The number of anilines is 1. The van der Waals surface area contributed by atoms with E-state index in [1.54, 1.807) is 36.5 Å². The number of amides is 1. The van der Waals surface area contributed by atoms with Crippen LogP contribution in [0.2, 0.25) is 0 Å². The number of aromatic nitrogens is 2. The summed E-state index contributed by atoms with van der Waals surface area (Å²) in [7, 11) is 1.73. The summed E-state index contributed by atoms with van der Waals surface area (Å²) in [6.07, 6.45) is 4.90. The van der Waals surface area contributed by atoms with E-state index >= 15 is 0 Å². The molecule has 0 aromatic carbocycles. The SMILES string of the molecule is CN(C[C@@]1(O)CCCN(c2ncccn2)C1)C(=O)c1cccs1. The van der Waals surface area contributed by atoms with Gasteiger partial charge in [0.1, 0.15) is 0 Å². The molecule has 1 saturated heterocycles. The Hall–Kier alpha value is -1.99. The van der Waals surface area contributed by atoms with Gasteiger partial charge < -0.3 is 14.9 Å². The Balaban J connectivity index is 1.67. The number of carbonyl (C=O) groups excluding carboxylic acids is 1. The average molecular weight is 332 g/mol. The molecule has 7 heteroatoms. The number of thiophene rings is 1. The molecule has 0 unspecified atom stereocenters. The Kier molecular flexibility index (Phi) is 4.58. The van der Waals surface area contributed by atoms with Crippen molar-refractivity contribution in [2.24, 2.45) is 0 Å². The molecule has 2 aromatic rings. The van der Waals surface area contributed by atoms with Gasteiger partial charge >= 0.3 is 0 Å². The molecule has 6 nitrogen and oxygen atoms in total. The Morgan fingerprint density at radius 2 is 2.22 bits per heavy atom. The van der Waals surface area contributed by atoms with Crippen molar-refractivity contribution in [3.05, 3.63) is 40.8 Å². The van der Waals surface area contributed by atoms with Crippen LogP contribution in [0.25, 0.3) is 0 Å². The maximum absolute atomic E-state index is 12.4. The number of β-amino-alcohol motifs (C(OH)–C–C–N with tert-alkyl or cyclic N) is 1. The second-order valence-corrected chi connectivity index (χ2v) is 6.88. The van der Waals surface area contributed by atoms with Crippen molar-refractivity contribution in [2.75, 3.05) is 31.6 Å². The van der Waals surface area contributed by atoms with E-state index in [0.717, 1.165) is 13.0 Å². The van der Waals surface area contributed by atoms with Crippen LogP contribution < -0.4 is 4.90 Å². The highest BCUT2D eigenvalue weighted by atomic mass is 32.1. The Morgan fingerprint density at radius 3 is 2.91 bits per heavy atom. The van der Waals surface area contributed by atoms with Crippen molar-refractivity contribution >= 4 is 23.2 Å². The second-order valence-electron chi connectivity index (χ2n) is 5.94. The van der Waals surface area contributed by atoms with Crippen LogP contribution in [0.5, 0.6) is 0 Å². The third kappa shape index (κ3) is 3.68. The maximum atomic E-state index is 12.4. The van der Waals surface area contributed by atoms with Gasteiger partial charge in [-0.2, -0.15) is 0 Å². The first-order chi connectivity index (χ1) is 11.1. The molecule has 3 heterocycles. The molecule has 3 rings (SSSR count). The Morgan fingerprint density at radius 1 is 1.43 bits per heavy atom. The first-order valence-corrected chi connectivity index (χ1v) is 8.49. The van der Waals surface area contributed by atoms with Gasteiger partial charge in [0, 0.05) is 26.0 Å². The number of piperidine rings is 1. The molecule has 1 aliphatic heterocycles. The Labute approximate surface area is 139 Å². The minimum absolute atomic E-state index is 0.0542. The summed E-state index contributed by atoms with van der Waals surface area (Å²) >= 11 is 1.41. The van der Waals surface area contributed by atoms with E-state index < -0.39 is 5.60 Å². The summed E-state index contributed by atoms with van der Waals surface area (Å²) in [5.41, 5.74) is -0.945. The van der Waals surface area contributed by atoms with Crippen LogP contribution in [0, 0.1) is 0 Å². The van der Waals surface area contributed by atoms with Gasteiger partial charge in [-0.3, -0.25) is 4.79 Å². The van der Waals surface area contributed by atoms with Crippen LogP contribution in [0.1, 0.15) is 22.5 Å². The van der Waals surface area contributed by atoms with Gasteiger partial charge in [0.05, 0.1) is 23.6 Å². The highest BCUT2D eigenvalue weighted by Gasteiger charge is 2.36. The zero-order valence-corrected chi connectivity index (χ0v) is 13.9. The standard InChI is InChI=1S/C16H20N4O2S/c1-19(14(21)13-5-2-10-23-13)11-16(22)6-3-9-20(12-16)15-17-7-4-8-18-15/h2,4-5,7-8,10,22H,3,6,9,11-12H2,1H3/t16-/m0/s1. The molecule has 0 saturated carbocycles. The molecule has 122 valence electrons. The topological polar surface area (TPSA) is 69.6 Å². The van der Waals surface area contributed by atoms with Gasteiger partial charge in [0.15, 0.2) is 0 Å². The van der Waals surface area contributed by atoms with Gasteiger partial charge in [0.2, 0.25) is 5.95 Å². The molecule has 0 bridgehead atoms. The van der Waals surface area contributed by atoms with Crippen molar-refractivity contribution in [1.82, 2.24) is 14.9 Å². The second kappa shape index (κ2) is 6.64. The lowest BCUT2D eigenvalue weighted by Gasteiger charge is -2.41. The number of nitrogens with zero attached hydrogens (tertiary/aromatic N) is 4. The summed E-state index contributed by atoms with van der Waals surface area (Å²) in [5.74, 6) is 0.569. The van der Waals surface area contributed by atoms with Crippen LogP contribution in [-0.2, 0) is 0 Å². The molecule has 0 radical (unpaired) electrons. The lowest BCUT2D eigenvalue weighted by molar-refractivity contribution is -0.000173. The van der Waals surface area contributed by atoms with Crippen LogP contribution in [-0.4, -0.2) is 58.2 Å². The van der Waals surface area contributed by atoms with Crippen molar-refractivity contribution in [3.63, 3.8) is 0 Å². The molecular formula is C16H20N4O2S. The van der Waals surface area contributed by atoms with E-state index in [0.29, 0.717) is 30.3 Å². The molecule has 1 aliphatic rings. The number of hydrogen-bond donors (Lipinski definition) is 1. The zero-order valence-electron chi connectivity index (χ0n) is 13.1. The fourth-order valence-corrected chi connectivity index (χ4v) is 3.69. The summed E-state index contributed by atoms with van der Waals surface area (Å²) in [6, 6.07) is 5.43. The minimum atomic E-state index is -0.945. The molecular weight excluding hydrogens is 312 g/mol.